The number of Topliss-reactive ketones (excluding diaryl/α,β-unsaturated/α-hetero) is 1. The van der Waals surface area contributed by atoms with Crippen LogP contribution in [0, 0.1) is 0 Å². The highest BCUT2D eigenvalue weighted by molar-refractivity contribution is 5.99. The van der Waals surface area contributed by atoms with Gasteiger partial charge in [0.1, 0.15) is 11.9 Å². The van der Waals surface area contributed by atoms with Crippen LogP contribution in [0.1, 0.15) is 38.8 Å². The van der Waals surface area contributed by atoms with Crippen LogP contribution in [0.2, 0.25) is 0 Å². The van der Waals surface area contributed by atoms with Crippen molar-refractivity contribution >= 4 is 11.8 Å². The third-order valence-electron chi connectivity index (χ3n) is 3.54. The molecular formula is C17H14O4. The molecule has 1 heterocycles. The number of hydrogen-bond acceptors (Lipinski definition) is 4. The average Bonchev–Trinajstić information content (AvgIpc) is 2.83. The smallest absolute Gasteiger partial charge is 0.339 e. The highest BCUT2D eigenvalue weighted by Gasteiger charge is 2.33. The van der Waals surface area contributed by atoms with Gasteiger partial charge >= 0.3 is 5.97 Å². The fraction of sp³-hybridized carbons (Fsp3) is 0.176. The standard InChI is InChI=1S/C17H14O4/c1-20-12-7-8-13-14(9-12)16(21-17(13)19)10-15(18)11-5-3-2-4-6-11/h2-9,16H,10H2,1H3. The quantitative estimate of drug-likeness (QED) is 0.638. The Kier molecular flexibility index (Phi) is 3.44. The Morgan fingerprint density at radius 3 is 2.67 bits per heavy atom. The van der Waals surface area contributed by atoms with Crippen LogP contribution in [-0.4, -0.2) is 18.9 Å². The molecule has 2 aromatic rings. The number of fused-ring (bicyclic) bond motifs is 1. The molecule has 0 saturated carbocycles. The zero-order chi connectivity index (χ0) is 14.8. The number of carbonyl (C=O) groups excluding carboxylic acids is 2. The molecule has 0 bridgehead atoms. The Bertz CT molecular complexity index is 691. The van der Waals surface area contributed by atoms with Gasteiger partial charge in [0.2, 0.25) is 0 Å². The summed E-state index contributed by atoms with van der Waals surface area (Å²) in [6, 6.07) is 14.1. The van der Waals surface area contributed by atoms with E-state index in [0.717, 1.165) is 0 Å². The number of rotatable bonds is 4. The van der Waals surface area contributed by atoms with Crippen molar-refractivity contribution in [2.24, 2.45) is 0 Å². The molecule has 0 aliphatic carbocycles. The number of esters is 1. The maximum absolute atomic E-state index is 12.2. The summed E-state index contributed by atoms with van der Waals surface area (Å²) in [5.74, 6) is 0.201. The zero-order valence-electron chi connectivity index (χ0n) is 11.5. The summed E-state index contributed by atoms with van der Waals surface area (Å²) in [7, 11) is 1.56. The maximum Gasteiger partial charge on any atom is 0.339 e. The Morgan fingerprint density at radius 1 is 1.19 bits per heavy atom. The molecule has 21 heavy (non-hydrogen) atoms. The molecule has 3 rings (SSSR count). The zero-order valence-corrected chi connectivity index (χ0v) is 11.5. The number of ether oxygens (including phenoxy) is 2. The first kappa shape index (κ1) is 13.4. The minimum Gasteiger partial charge on any atom is -0.497 e. The second kappa shape index (κ2) is 5.40. The van der Waals surface area contributed by atoms with E-state index in [1.807, 2.05) is 18.2 Å². The highest BCUT2D eigenvalue weighted by atomic mass is 16.5. The minimum absolute atomic E-state index is 0.0518. The molecule has 4 heteroatoms. The lowest BCUT2D eigenvalue weighted by atomic mass is 9.98. The number of carbonyl (C=O) groups is 2. The van der Waals surface area contributed by atoms with E-state index in [4.69, 9.17) is 9.47 Å². The van der Waals surface area contributed by atoms with Gasteiger partial charge in [-0.3, -0.25) is 4.79 Å². The molecule has 0 saturated heterocycles. The molecule has 0 aromatic heterocycles. The van der Waals surface area contributed by atoms with Gasteiger partial charge in [-0.2, -0.15) is 0 Å². The van der Waals surface area contributed by atoms with Crippen molar-refractivity contribution in [2.75, 3.05) is 7.11 Å². The molecule has 0 spiro atoms. The predicted octanol–water partition coefficient (Wildman–Crippen LogP) is 3.18. The van der Waals surface area contributed by atoms with Gasteiger partial charge in [0.15, 0.2) is 5.78 Å². The summed E-state index contributed by atoms with van der Waals surface area (Å²) >= 11 is 0. The summed E-state index contributed by atoms with van der Waals surface area (Å²) in [5.41, 5.74) is 1.83. The lowest BCUT2D eigenvalue weighted by Gasteiger charge is -2.10. The fourth-order valence-electron chi connectivity index (χ4n) is 2.44. The second-order valence-electron chi connectivity index (χ2n) is 4.84. The van der Waals surface area contributed by atoms with E-state index in [1.165, 1.54) is 0 Å². The average molecular weight is 282 g/mol. The molecule has 0 amide bonds. The van der Waals surface area contributed by atoms with Crippen LogP contribution < -0.4 is 4.74 Å². The van der Waals surface area contributed by atoms with Gasteiger partial charge in [-0.15, -0.1) is 0 Å². The Morgan fingerprint density at radius 2 is 1.95 bits per heavy atom. The van der Waals surface area contributed by atoms with Crippen LogP contribution in [0.5, 0.6) is 5.75 Å². The third kappa shape index (κ3) is 2.52. The molecule has 1 aliphatic heterocycles. The van der Waals surface area contributed by atoms with Crippen LogP contribution in [0.4, 0.5) is 0 Å². The number of methoxy groups -OCH3 is 1. The first-order valence-corrected chi connectivity index (χ1v) is 6.66. The van der Waals surface area contributed by atoms with Crippen molar-refractivity contribution in [1.29, 1.82) is 0 Å². The van der Waals surface area contributed by atoms with Crippen molar-refractivity contribution < 1.29 is 19.1 Å². The molecule has 4 nitrogen and oxygen atoms in total. The molecule has 1 aliphatic rings. The van der Waals surface area contributed by atoms with Crippen molar-refractivity contribution in [3.63, 3.8) is 0 Å². The van der Waals surface area contributed by atoms with E-state index in [2.05, 4.69) is 0 Å². The first-order chi connectivity index (χ1) is 10.2. The second-order valence-corrected chi connectivity index (χ2v) is 4.84. The van der Waals surface area contributed by atoms with Gasteiger partial charge in [0.25, 0.3) is 0 Å². The molecule has 1 atom stereocenters. The van der Waals surface area contributed by atoms with E-state index in [9.17, 15) is 9.59 Å². The summed E-state index contributed by atoms with van der Waals surface area (Å²) < 4.78 is 10.5. The lowest BCUT2D eigenvalue weighted by molar-refractivity contribution is 0.0367. The van der Waals surface area contributed by atoms with Gasteiger partial charge in [0.05, 0.1) is 19.1 Å². The van der Waals surface area contributed by atoms with E-state index in [1.54, 1.807) is 37.4 Å². The molecule has 2 aromatic carbocycles. The largest absolute Gasteiger partial charge is 0.497 e. The molecule has 0 N–H and O–H groups in total. The lowest BCUT2D eigenvalue weighted by Crippen LogP contribution is -2.07. The Hall–Kier alpha value is -2.62. The summed E-state index contributed by atoms with van der Waals surface area (Å²) in [6.45, 7) is 0. The summed E-state index contributed by atoms with van der Waals surface area (Å²) in [5, 5.41) is 0. The highest BCUT2D eigenvalue weighted by Crippen LogP contribution is 2.36. The summed E-state index contributed by atoms with van der Waals surface area (Å²) in [6.07, 6.45) is -0.411. The number of hydrogen-bond donors (Lipinski definition) is 0. The van der Waals surface area contributed by atoms with Crippen molar-refractivity contribution in [1.82, 2.24) is 0 Å². The normalized spacial score (nSPS) is 16.2. The topological polar surface area (TPSA) is 52.6 Å². The molecular weight excluding hydrogens is 268 g/mol. The molecule has 106 valence electrons. The van der Waals surface area contributed by atoms with Crippen molar-refractivity contribution in [3.8, 4) is 5.75 Å². The number of cyclic esters (lactones) is 1. The predicted molar refractivity (Wildman–Crippen MR) is 76.5 cm³/mol. The van der Waals surface area contributed by atoms with Crippen molar-refractivity contribution in [2.45, 2.75) is 12.5 Å². The monoisotopic (exact) mass is 282 g/mol. The van der Waals surface area contributed by atoms with Crippen LogP contribution in [0.3, 0.4) is 0 Å². The van der Waals surface area contributed by atoms with Gasteiger partial charge in [-0.1, -0.05) is 30.3 Å². The first-order valence-electron chi connectivity index (χ1n) is 6.66. The van der Waals surface area contributed by atoms with E-state index in [0.29, 0.717) is 22.4 Å². The van der Waals surface area contributed by atoms with Gasteiger partial charge < -0.3 is 9.47 Å². The summed E-state index contributed by atoms with van der Waals surface area (Å²) in [4.78, 5) is 24.1. The van der Waals surface area contributed by atoms with E-state index in [-0.39, 0.29) is 12.2 Å². The van der Waals surface area contributed by atoms with Gasteiger partial charge in [0, 0.05) is 11.1 Å². The molecule has 1 unspecified atom stereocenters. The maximum atomic E-state index is 12.2. The Balaban J connectivity index is 1.86. The minimum atomic E-state index is -0.546. The Labute approximate surface area is 122 Å². The van der Waals surface area contributed by atoms with Crippen LogP contribution in [-0.2, 0) is 4.74 Å². The van der Waals surface area contributed by atoms with Crippen LogP contribution in [0.25, 0.3) is 0 Å². The van der Waals surface area contributed by atoms with Crippen LogP contribution >= 0.6 is 0 Å². The van der Waals surface area contributed by atoms with Gasteiger partial charge in [-0.25, -0.2) is 4.79 Å². The van der Waals surface area contributed by atoms with Gasteiger partial charge in [-0.05, 0) is 18.2 Å². The van der Waals surface area contributed by atoms with Crippen molar-refractivity contribution in [3.05, 3.63) is 65.2 Å². The number of benzene rings is 2. The third-order valence-corrected chi connectivity index (χ3v) is 3.54. The van der Waals surface area contributed by atoms with Crippen LogP contribution in [0.15, 0.2) is 48.5 Å². The number of ketones is 1. The van der Waals surface area contributed by atoms with E-state index >= 15 is 0 Å². The SMILES string of the molecule is COc1ccc2c(c1)C(CC(=O)c1ccccc1)OC2=O. The fourth-order valence-corrected chi connectivity index (χ4v) is 2.44. The van der Waals surface area contributed by atoms with E-state index < -0.39 is 12.1 Å². The molecule has 0 fully saturated rings. The molecule has 0 radical (unpaired) electrons.